The lowest BCUT2D eigenvalue weighted by Gasteiger charge is -2.14. The molecule has 0 fully saturated rings. The highest BCUT2D eigenvalue weighted by Crippen LogP contribution is 2.20. The molecule has 1 aromatic carbocycles. The van der Waals surface area contributed by atoms with Gasteiger partial charge in [0.05, 0.1) is 11.6 Å². The van der Waals surface area contributed by atoms with E-state index in [2.05, 4.69) is 5.32 Å². The molecular formula is C12H15FN2O3. The van der Waals surface area contributed by atoms with Crippen LogP contribution in [0.25, 0.3) is 0 Å². The van der Waals surface area contributed by atoms with Crippen LogP contribution in [-0.4, -0.2) is 23.5 Å². The predicted molar refractivity (Wildman–Crippen MR) is 64.8 cm³/mol. The molecular weight excluding hydrogens is 239 g/mol. The van der Waals surface area contributed by atoms with Gasteiger partial charge in [-0.2, -0.15) is 0 Å². The first-order valence-electron chi connectivity index (χ1n) is 5.54. The Morgan fingerprint density at radius 3 is 2.67 bits per heavy atom. The van der Waals surface area contributed by atoms with E-state index < -0.39 is 29.2 Å². The molecule has 1 rings (SSSR count). The SMILES string of the molecule is CCC(CN)C(=O)Nc1cccc(F)c1C(=O)O. The van der Waals surface area contributed by atoms with Crippen molar-refractivity contribution in [2.45, 2.75) is 13.3 Å². The van der Waals surface area contributed by atoms with E-state index in [1.165, 1.54) is 12.1 Å². The normalized spacial score (nSPS) is 11.9. The van der Waals surface area contributed by atoms with Crippen molar-refractivity contribution in [3.8, 4) is 0 Å². The summed E-state index contributed by atoms with van der Waals surface area (Å²) >= 11 is 0. The Morgan fingerprint density at radius 2 is 2.17 bits per heavy atom. The number of halogens is 1. The van der Waals surface area contributed by atoms with Crippen molar-refractivity contribution in [2.24, 2.45) is 11.7 Å². The van der Waals surface area contributed by atoms with Gasteiger partial charge in [-0.25, -0.2) is 9.18 Å². The number of hydrogen-bond donors (Lipinski definition) is 3. The Bertz CT molecular complexity index is 459. The van der Waals surface area contributed by atoms with E-state index in [-0.39, 0.29) is 12.2 Å². The number of carboxylic acid groups (broad SMARTS) is 1. The van der Waals surface area contributed by atoms with Crippen LogP contribution < -0.4 is 11.1 Å². The molecule has 0 saturated heterocycles. The van der Waals surface area contributed by atoms with Crippen molar-refractivity contribution in [2.75, 3.05) is 11.9 Å². The van der Waals surface area contributed by atoms with Gasteiger partial charge in [0.25, 0.3) is 0 Å². The number of nitrogens with two attached hydrogens (primary N) is 1. The zero-order valence-corrected chi connectivity index (χ0v) is 9.94. The maximum atomic E-state index is 13.4. The second-order valence-corrected chi connectivity index (χ2v) is 3.80. The van der Waals surface area contributed by atoms with Gasteiger partial charge in [0.1, 0.15) is 11.4 Å². The molecule has 4 N–H and O–H groups in total. The average molecular weight is 254 g/mol. The van der Waals surface area contributed by atoms with E-state index >= 15 is 0 Å². The van der Waals surface area contributed by atoms with Gasteiger partial charge in [-0.05, 0) is 18.6 Å². The summed E-state index contributed by atoms with van der Waals surface area (Å²) in [5.41, 5.74) is 4.81. The van der Waals surface area contributed by atoms with Crippen LogP contribution >= 0.6 is 0 Å². The zero-order chi connectivity index (χ0) is 13.7. The van der Waals surface area contributed by atoms with Crippen molar-refractivity contribution in [1.29, 1.82) is 0 Å². The minimum Gasteiger partial charge on any atom is -0.478 e. The topological polar surface area (TPSA) is 92.4 Å². The van der Waals surface area contributed by atoms with Crippen LogP contribution in [0.5, 0.6) is 0 Å². The third kappa shape index (κ3) is 3.04. The standard InChI is InChI=1S/C12H15FN2O3/c1-2-7(6-14)11(16)15-9-5-3-4-8(13)10(9)12(17)18/h3-5,7H,2,6,14H2,1H3,(H,15,16)(H,17,18). The molecule has 0 aliphatic carbocycles. The first kappa shape index (κ1) is 14.1. The van der Waals surface area contributed by atoms with Gasteiger partial charge in [-0.15, -0.1) is 0 Å². The lowest BCUT2D eigenvalue weighted by atomic mass is 10.1. The zero-order valence-electron chi connectivity index (χ0n) is 9.94. The smallest absolute Gasteiger partial charge is 0.340 e. The number of carboxylic acids is 1. The van der Waals surface area contributed by atoms with Crippen LogP contribution in [0.2, 0.25) is 0 Å². The fourth-order valence-electron chi connectivity index (χ4n) is 1.54. The number of aromatic carboxylic acids is 1. The van der Waals surface area contributed by atoms with Crippen molar-refractivity contribution in [3.05, 3.63) is 29.6 Å². The van der Waals surface area contributed by atoms with Gasteiger partial charge in [-0.1, -0.05) is 13.0 Å². The van der Waals surface area contributed by atoms with Crippen LogP contribution in [0.3, 0.4) is 0 Å². The summed E-state index contributed by atoms with van der Waals surface area (Å²) in [5.74, 6) is -3.15. The lowest BCUT2D eigenvalue weighted by molar-refractivity contribution is -0.119. The van der Waals surface area contributed by atoms with Gasteiger partial charge in [0.15, 0.2) is 0 Å². The summed E-state index contributed by atoms with van der Waals surface area (Å²) in [4.78, 5) is 22.7. The predicted octanol–water partition coefficient (Wildman–Crippen LogP) is 1.45. The third-order valence-electron chi connectivity index (χ3n) is 2.63. The summed E-state index contributed by atoms with van der Waals surface area (Å²) < 4.78 is 13.4. The van der Waals surface area contributed by atoms with Crippen LogP contribution in [-0.2, 0) is 4.79 Å². The van der Waals surface area contributed by atoms with Crippen molar-refractivity contribution < 1.29 is 19.1 Å². The molecule has 18 heavy (non-hydrogen) atoms. The highest BCUT2D eigenvalue weighted by atomic mass is 19.1. The van der Waals surface area contributed by atoms with Gasteiger partial charge in [0.2, 0.25) is 5.91 Å². The first-order valence-corrected chi connectivity index (χ1v) is 5.54. The Morgan fingerprint density at radius 1 is 1.50 bits per heavy atom. The summed E-state index contributed by atoms with van der Waals surface area (Å²) in [5, 5.41) is 11.3. The molecule has 0 bridgehead atoms. The average Bonchev–Trinajstić information content (AvgIpc) is 2.30. The Kier molecular flexibility index (Phi) is 4.79. The number of nitrogens with one attached hydrogen (secondary N) is 1. The first-order chi connectivity index (χ1) is 8.51. The van der Waals surface area contributed by atoms with Crippen LogP contribution in [0.4, 0.5) is 10.1 Å². The maximum absolute atomic E-state index is 13.4. The molecule has 0 aromatic heterocycles. The van der Waals surface area contributed by atoms with Gasteiger partial charge < -0.3 is 16.2 Å². The molecule has 1 atom stereocenters. The lowest BCUT2D eigenvalue weighted by Crippen LogP contribution is -2.29. The minimum atomic E-state index is -1.43. The quantitative estimate of drug-likeness (QED) is 0.741. The van der Waals surface area contributed by atoms with E-state index in [0.29, 0.717) is 6.42 Å². The molecule has 0 saturated carbocycles. The molecule has 0 aliphatic rings. The van der Waals surface area contributed by atoms with Crippen LogP contribution in [0, 0.1) is 11.7 Å². The minimum absolute atomic E-state index is 0.0561. The van der Waals surface area contributed by atoms with E-state index in [1.807, 2.05) is 0 Å². The Hall–Kier alpha value is -1.95. The van der Waals surface area contributed by atoms with E-state index in [0.717, 1.165) is 6.07 Å². The van der Waals surface area contributed by atoms with E-state index in [1.54, 1.807) is 6.92 Å². The van der Waals surface area contributed by atoms with Crippen molar-refractivity contribution in [3.63, 3.8) is 0 Å². The third-order valence-corrected chi connectivity index (χ3v) is 2.63. The number of amides is 1. The highest BCUT2D eigenvalue weighted by molar-refractivity contribution is 6.01. The van der Waals surface area contributed by atoms with Gasteiger partial charge >= 0.3 is 5.97 Å². The number of carbonyl (C=O) groups is 2. The largest absolute Gasteiger partial charge is 0.478 e. The molecule has 0 heterocycles. The molecule has 1 aromatic rings. The molecule has 1 unspecified atom stereocenters. The number of rotatable bonds is 5. The van der Waals surface area contributed by atoms with Gasteiger partial charge in [-0.3, -0.25) is 4.79 Å². The summed E-state index contributed by atoms with van der Waals surface area (Å²) in [6.45, 7) is 1.95. The van der Waals surface area contributed by atoms with Crippen molar-refractivity contribution >= 4 is 17.6 Å². The maximum Gasteiger partial charge on any atom is 0.340 e. The number of anilines is 1. The molecule has 1 amide bonds. The molecule has 98 valence electrons. The summed E-state index contributed by atoms with van der Waals surface area (Å²) in [6, 6.07) is 3.70. The molecule has 0 aliphatic heterocycles. The number of hydrogen-bond acceptors (Lipinski definition) is 3. The molecule has 0 radical (unpaired) electrons. The molecule has 6 heteroatoms. The fraction of sp³-hybridized carbons (Fsp3) is 0.333. The summed E-state index contributed by atoms with van der Waals surface area (Å²) in [7, 11) is 0. The highest BCUT2D eigenvalue weighted by Gasteiger charge is 2.20. The Labute approximate surface area is 104 Å². The fourth-order valence-corrected chi connectivity index (χ4v) is 1.54. The van der Waals surface area contributed by atoms with E-state index in [4.69, 9.17) is 10.8 Å². The van der Waals surface area contributed by atoms with Crippen LogP contribution in [0.1, 0.15) is 23.7 Å². The molecule has 5 nitrogen and oxygen atoms in total. The molecule has 0 spiro atoms. The monoisotopic (exact) mass is 254 g/mol. The second-order valence-electron chi connectivity index (χ2n) is 3.80. The number of benzene rings is 1. The second kappa shape index (κ2) is 6.11. The Balaban J connectivity index is 3.01. The van der Waals surface area contributed by atoms with Crippen LogP contribution in [0.15, 0.2) is 18.2 Å². The van der Waals surface area contributed by atoms with Crippen molar-refractivity contribution in [1.82, 2.24) is 0 Å². The van der Waals surface area contributed by atoms with E-state index in [9.17, 15) is 14.0 Å². The van der Waals surface area contributed by atoms with Gasteiger partial charge in [0, 0.05) is 6.54 Å². The summed E-state index contributed by atoms with van der Waals surface area (Å²) in [6.07, 6.45) is 0.528. The number of carbonyl (C=O) groups excluding carboxylic acids is 1.